The summed E-state index contributed by atoms with van der Waals surface area (Å²) >= 11 is 6.02. The topological polar surface area (TPSA) is 39.1 Å². The quantitative estimate of drug-likeness (QED) is 0.903. The van der Waals surface area contributed by atoms with Crippen molar-refractivity contribution in [3.63, 3.8) is 0 Å². The van der Waals surface area contributed by atoms with Gasteiger partial charge in [0.25, 0.3) is 0 Å². The average Bonchev–Trinajstić information content (AvgIpc) is 2.89. The van der Waals surface area contributed by atoms with E-state index in [1.54, 1.807) is 6.33 Å². The van der Waals surface area contributed by atoms with Gasteiger partial charge in [-0.15, -0.1) is 0 Å². The van der Waals surface area contributed by atoms with E-state index < -0.39 is 0 Å². The highest BCUT2D eigenvalue weighted by Crippen LogP contribution is 2.23. The summed E-state index contributed by atoms with van der Waals surface area (Å²) in [7, 11) is 0. The van der Waals surface area contributed by atoms with Gasteiger partial charge in [-0.3, -0.25) is 0 Å². The lowest BCUT2D eigenvalue weighted by molar-refractivity contribution is 0.0240. The lowest BCUT2D eigenvalue weighted by atomic mass is 10.2. The predicted molar refractivity (Wildman–Crippen MR) is 70.1 cm³/mol. The number of imidazole rings is 1. The maximum Gasteiger partial charge on any atom is 0.112 e. The summed E-state index contributed by atoms with van der Waals surface area (Å²) in [4.78, 5) is 4.22. The molecule has 0 saturated carbocycles. The molecular weight excluding hydrogens is 250 g/mol. The van der Waals surface area contributed by atoms with Crippen molar-refractivity contribution in [1.82, 2.24) is 14.9 Å². The second-order valence-electron chi connectivity index (χ2n) is 4.23. The zero-order valence-corrected chi connectivity index (χ0v) is 10.6. The number of benzene rings is 1. The van der Waals surface area contributed by atoms with Gasteiger partial charge in [0.1, 0.15) is 6.10 Å². The monoisotopic (exact) mass is 263 g/mol. The van der Waals surface area contributed by atoms with Gasteiger partial charge in [0.05, 0.1) is 24.8 Å². The molecule has 0 aliphatic carbocycles. The molecule has 2 heterocycles. The van der Waals surface area contributed by atoms with Crippen LogP contribution in [0.25, 0.3) is 5.69 Å². The number of morpholine rings is 1. The van der Waals surface area contributed by atoms with E-state index in [0.717, 1.165) is 36.1 Å². The van der Waals surface area contributed by atoms with Gasteiger partial charge in [0.2, 0.25) is 0 Å². The fraction of sp³-hybridized carbons (Fsp3) is 0.308. The largest absolute Gasteiger partial charge is 0.369 e. The van der Waals surface area contributed by atoms with Crippen LogP contribution in [0.1, 0.15) is 11.8 Å². The van der Waals surface area contributed by atoms with E-state index in [1.807, 2.05) is 35.0 Å². The summed E-state index contributed by atoms with van der Waals surface area (Å²) in [6.45, 7) is 2.44. The molecule has 0 bridgehead atoms. The summed E-state index contributed by atoms with van der Waals surface area (Å²) in [6, 6.07) is 7.72. The van der Waals surface area contributed by atoms with Gasteiger partial charge in [0, 0.05) is 23.8 Å². The highest BCUT2D eigenvalue weighted by molar-refractivity contribution is 6.30. The predicted octanol–water partition coefficient (Wildman–Crippen LogP) is 2.19. The van der Waals surface area contributed by atoms with Crippen molar-refractivity contribution in [2.24, 2.45) is 0 Å². The van der Waals surface area contributed by atoms with Gasteiger partial charge in [-0.2, -0.15) is 0 Å². The van der Waals surface area contributed by atoms with Crippen LogP contribution in [0.5, 0.6) is 0 Å². The minimum atomic E-state index is 0.0419. The van der Waals surface area contributed by atoms with Crippen molar-refractivity contribution >= 4 is 11.6 Å². The van der Waals surface area contributed by atoms with E-state index >= 15 is 0 Å². The Morgan fingerprint density at radius 3 is 3.17 bits per heavy atom. The number of hydrogen-bond acceptors (Lipinski definition) is 3. The number of ether oxygens (including phenoxy) is 1. The molecule has 2 aromatic rings. The molecule has 1 aliphatic heterocycles. The Balaban J connectivity index is 1.95. The maximum absolute atomic E-state index is 6.02. The Morgan fingerprint density at radius 2 is 2.39 bits per heavy atom. The molecule has 1 aliphatic rings. The Labute approximate surface area is 111 Å². The van der Waals surface area contributed by atoms with Crippen molar-refractivity contribution < 1.29 is 4.74 Å². The highest BCUT2D eigenvalue weighted by atomic mass is 35.5. The van der Waals surface area contributed by atoms with E-state index in [1.165, 1.54) is 0 Å². The zero-order chi connectivity index (χ0) is 12.4. The average molecular weight is 264 g/mol. The smallest absolute Gasteiger partial charge is 0.112 e. The number of nitrogens with zero attached hydrogens (tertiary/aromatic N) is 2. The molecule has 0 radical (unpaired) electrons. The van der Waals surface area contributed by atoms with Crippen LogP contribution in [-0.4, -0.2) is 29.2 Å². The van der Waals surface area contributed by atoms with Crippen molar-refractivity contribution in [2.45, 2.75) is 6.10 Å². The van der Waals surface area contributed by atoms with Crippen LogP contribution in [-0.2, 0) is 4.74 Å². The number of aromatic nitrogens is 2. The normalized spacial score (nSPS) is 19.9. The number of hydrogen-bond donors (Lipinski definition) is 1. The van der Waals surface area contributed by atoms with Crippen molar-refractivity contribution in [1.29, 1.82) is 0 Å². The van der Waals surface area contributed by atoms with Crippen molar-refractivity contribution in [2.75, 3.05) is 19.7 Å². The van der Waals surface area contributed by atoms with E-state index in [-0.39, 0.29) is 6.10 Å². The van der Waals surface area contributed by atoms with Gasteiger partial charge in [-0.25, -0.2) is 4.98 Å². The van der Waals surface area contributed by atoms with Gasteiger partial charge < -0.3 is 14.6 Å². The minimum absolute atomic E-state index is 0.0419. The maximum atomic E-state index is 6.02. The molecule has 1 unspecified atom stereocenters. The van der Waals surface area contributed by atoms with Crippen LogP contribution < -0.4 is 5.32 Å². The fourth-order valence-corrected chi connectivity index (χ4v) is 2.33. The molecule has 1 aromatic carbocycles. The van der Waals surface area contributed by atoms with Gasteiger partial charge in [-0.1, -0.05) is 17.7 Å². The Bertz CT molecular complexity index is 535. The molecule has 1 atom stereocenters. The standard InChI is InChI=1S/C13H14ClN3O/c14-10-2-1-3-11(6-10)17-9-16-7-12(17)13-8-15-4-5-18-13/h1-3,6-7,9,13,15H,4-5,8H2. The van der Waals surface area contributed by atoms with E-state index in [2.05, 4.69) is 10.3 Å². The zero-order valence-electron chi connectivity index (χ0n) is 9.84. The van der Waals surface area contributed by atoms with Crippen LogP contribution in [0, 0.1) is 0 Å². The van der Waals surface area contributed by atoms with Gasteiger partial charge >= 0.3 is 0 Å². The number of rotatable bonds is 2. The van der Waals surface area contributed by atoms with Crippen LogP contribution in [0.4, 0.5) is 0 Å². The highest BCUT2D eigenvalue weighted by Gasteiger charge is 2.20. The van der Waals surface area contributed by atoms with Crippen LogP contribution in [0.15, 0.2) is 36.8 Å². The summed E-state index contributed by atoms with van der Waals surface area (Å²) in [6.07, 6.45) is 3.68. The molecule has 1 aromatic heterocycles. The number of nitrogens with one attached hydrogen (secondary N) is 1. The summed E-state index contributed by atoms with van der Waals surface area (Å²) < 4.78 is 7.78. The Kier molecular flexibility index (Phi) is 3.32. The first-order valence-corrected chi connectivity index (χ1v) is 6.33. The molecule has 94 valence electrons. The molecule has 3 rings (SSSR count). The fourth-order valence-electron chi connectivity index (χ4n) is 2.14. The third kappa shape index (κ3) is 2.27. The molecule has 1 saturated heterocycles. The summed E-state index contributed by atoms with van der Waals surface area (Å²) in [5.74, 6) is 0. The van der Waals surface area contributed by atoms with E-state index in [0.29, 0.717) is 0 Å². The molecule has 18 heavy (non-hydrogen) atoms. The molecule has 0 spiro atoms. The summed E-state index contributed by atoms with van der Waals surface area (Å²) in [5, 5.41) is 4.04. The first kappa shape index (κ1) is 11.7. The van der Waals surface area contributed by atoms with Crippen molar-refractivity contribution in [3.8, 4) is 5.69 Å². The SMILES string of the molecule is Clc1cccc(-n2cncc2C2CNCCO2)c1. The third-order valence-electron chi connectivity index (χ3n) is 3.01. The van der Waals surface area contributed by atoms with Gasteiger partial charge in [-0.05, 0) is 18.2 Å². The molecule has 5 heteroatoms. The first-order valence-electron chi connectivity index (χ1n) is 5.95. The van der Waals surface area contributed by atoms with Gasteiger partial charge in [0.15, 0.2) is 0 Å². The molecule has 0 amide bonds. The molecule has 4 nitrogen and oxygen atoms in total. The minimum Gasteiger partial charge on any atom is -0.369 e. The Morgan fingerprint density at radius 1 is 1.44 bits per heavy atom. The molecule has 1 fully saturated rings. The first-order chi connectivity index (χ1) is 8.84. The second kappa shape index (κ2) is 5.10. The van der Waals surface area contributed by atoms with E-state index in [9.17, 15) is 0 Å². The number of halogens is 1. The lowest BCUT2D eigenvalue weighted by Crippen LogP contribution is -2.34. The lowest BCUT2D eigenvalue weighted by Gasteiger charge is -2.24. The van der Waals surface area contributed by atoms with Crippen molar-refractivity contribution in [3.05, 3.63) is 47.5 Å². The third-order valence-corrected chi connectivity index (χ3v) is 3.25. The van der Waals surface area contributed by atoms with Crippen LogP contribution in [0.3, 0.4) is 0 Å². The van der Waals surface area contributed by atoms with E-state index in [4.69, 9.17) is 16.3 Å². The molecule has 1 N–H and O–H groups in total. The van der Waals surface area contributed by atoms with Crippen LogP contribution >= 0.6 is 11.6 Å². The molecular formula is C13H14ClN3O. The summed E-state index contributed by atoms with van der Waals surface area (Å²) in [5.41, 5.74) is 2.05. The van der Waals surface area contributed by atoms with Crippen LogP contribution in [0.2, 0.25) is 5.02 Å². The Hall–Kier alpha value is -1.36. The second-order valence-corrected chi connectivity index (χ2v) is 4.67.